The molecule has 1 aliphatic heterocycles. The van der Waals surface area contributed by atoms with Crippen molar-refractivity contribution >= 4 is 5.97 Å². The van der Waals surface area contributed by atoms with Gasteiger partial charge in [-0.3, -0.25) is 4.98 Å². The molecule has 2 heterocycles. The van der Waals surface area contributed by atoms with E-state index in [1.54, 1.807) is 37.3 Å². The van der Waals surface area contributed by atoms with E-state index in [9.17, 15) is 9.90 Å². The highest BCUT2D eigenvalue weighted by atomic mass is 16.7. The predicted octanol–water partition coefficient (Wildman–Crippen LogP) is 2.94. The Kier molecular flexibility index (Phi) is 6.13. The lowest BCUT2D eigenvalue weighted by Crippen LogP contribution is -2.22. The van der Waals surface area contributed by atoms with Crippen molar-refractivity contribution in [1.29, 1.82) is 0 Å². The van der Waals surface area contributed by atoms with Gasteiger partial charge in [-0.25, -0.2) is 4.79 Å². The van der Waals surface area contributed by atoms with Crippen molar-refractivity contribution in [3.63, 3.8) is 0 Å². The van der Waals surface area contributed by atoms with Crippen molar-refractivity contribution in [1.82, 2.24) is 4.98 Å². The molecule has 1 atom stereocenters. The van der Waals surface area contributed by atoms with Gasteiger partial charge in [-0.1, -0.05) is 19.4 Å². The van der Waals surface area contributed by atoms with Gasteiger partial charge in [0.1, 0.15) is 5.75 Å². The molecule has 2 aromatic rings. The van der Waals surface area contributed by atoms with E-state index in [1.165, 1.54) is 0 Å². The number of fused-ring (bicyclic) bond motifs is 1. The quantitative estimate of drug-likeness (QED) is 0.712. The summed E-state index contributed by atoms with van der Waals surface area (Å²) in [4.78, 5) is 17.0. The molecule has 0 fully saturated rings. The van der Waals surface area contributed by atoms with E-state index < -0.39 is 12.1 Å². The number of aromatic nitrogens is 1. The smallest absolute Gasteiger partial charge is 0.352 e. The fraction of sp³-hybridized carbons (Fsp3) is 0.400. The van der Waals surface area contributed by atoms with E-state index in [0.29, 0.717) is 40.6 Å². The highest BCUT2D eigenvalue weighted by Crippen LogP contribution is 2.36. The number of hydrogen-bond acceptors (Lipinski definition) is 7. The van der Waals surface area contributed by atoms with Crippen LogP contribution in [0.3, 0.4) is 0 Å². The van der Waals surface area contributed by atoms with Gasteiger partial charge in [0.05, 0.1) is 24.6 Å². The first-order valence-electron chi connectivity index (χ1n) is 8.98. The summed E-state index contributed by atoms with van der Waals surface area (Å²) in [5, 5.41) is 9.33. The van der Waals surface area contributed by atoms with Crippen molar-refractivity contribution in [3.05, 3.63) is 47.3 Å². The van der Waals surface area contributed by atoms with Crippen LogP contribution < -0.4 is 14.2 Å². The third-order valence-electron chi connectivity index (χ3n) is 4.08. The SMILES string of the molecule is CCCc1nc(CO)ccc1OC(C(=O)OCC)c1ccc2c(c1)OCO2. The van der Waals surface area contributed by atoms with E-state index in [0.717, 1.165) is 6.42 Å². The average molecular weight is 373 g/mol. The molecular formula is C20H23NO6. The van der Waals surface area contributed by atoms with E-state index in [4.69, 9.17) is 18.9 Å². The summed E-state index contributed by atoms with van der Waals surface area (Å²) in [5.41, 5.74) is 1.85. The molecule has 1 unspecified atom stereocenters. The second kappa shape index (κ2) is 8.73. The summed E-state index contributed by atoms with van der Waals surface area (Å²) in [7, 11) is 0. The number of ether oxygens (including phenoxy) is 4. The number of carbonyl (C=O) groups is 1. The van der Waals surface area contributed by atoms with E-state index in [-0.39, 0.29) is 20.0 Å². The number of hydrogen-bond donors (Lipinski definition) is 1. The number of nitrogens with zero attached hydrogens (tertiary/aromatic N) is 1. The Labute approximate surface area is 157 Å². The molecular weight excluding hydrogens is 350 g/mol. The van der Waals surface area contributed by atoms with E-state index in [1.807, 2.05) is 6.92 Å². The zero-order valence-electron chi connectivity index (χ0n) is 15.4. The Hall–Kier alpha value is -2.80. The molecule has 1 N–H and O–H groups in total. The summed E-state index contributed by atoms with van der Waals surface area (Å²) in [6.07, 6.45) is 0.559. The summed E-state index contributed by atoms with van der Waals surface area (Å²) >= 11 is 0. The summed E-state index contributed by atoms with van der Waals surface area (Å²) in [6, 6.07) is 8.62. The van der Waals surface area contributed by atoms with Crippen molar-refractivity contribution < 1.29 is 28.8 Å². The zero-order valence-corrected chi connectivity index (χ0v) is 15.4. The molecule has 7 heteroatoms. The normalized spacial score (nSPS) is 13.3. The number of aryl methyl sites for hydroxylation is 1. The van der Waals surface area contributed by atoms with Crippen LogP contribution in [0.5, 0.6) is 17.2 Å². The van der Waals surface area contributed by atoms with Gasteiger partial charge in [-0.05, 0) is 37.6 Å². The molecule has 1 aromatic carbocycles. The second-order valence-corrected chi connectivity index (χ2v) is 6.02. The van der Waals surface area contributed by atoms with Gasteiger partial charge < -0.3 is 24.1 Å². The molecule has 1 aliphatic rings. The average Bonchev–Trinajstić information content (AvgIpc) is 3.15. The van der Waals surface area contributed by atoms with Crippen LogP contribution in [0.1, 0.15) is 43.3 Å². The molecule has 0 aliphatic carbocycles. The molecule has 27 heavy (non-hydrogen) atoms. The third kappa shape index (κ3) is 4.31. The van der Waals surface area contributed by atoms with Gasteiger partial charge in [-0.15, -0.1) is 0 Å². The number of pyridine rings is 1. The third-order valence-corrected chi connectivity index (χ3v) is 4.08. The lowest BCUT2D eigenvalue weighted by atomic mass is 10.1. The van der Waals surface area contributed by atoms with Crippen LogP contribution in [0.2, 0.25) is 0 Å². The van der Waals surface area contributed by atoms with Gasteiger partial charge in [0.15, 0.2) is 11.5 Å². The second-order valence-electron chi connectivity index (χ2n) is 6.02. The van der Waals surface area contributed by atoms with Crippen LogP contribution >= 0.6 is 0 Å². The van der Waals surface area contributed by atoms with Gasteiger partial charge in [0.25, 0.3) is 0 Å². The Morgan fingerprint density at radius 3 is 2.78 bits per heavy atom. The summed E-state index contributed by atoms with van der Waals surface area (Å²) in [6.45, 7) is 4.01. The Morgan fingerprint density at radius 2 is 2.04 bits per heavy atom. The van der Waals surface area contributed by atoms with Gasteiger partial charge in [0, 0.05) is 5.56 Å². The zero-order chi connectivity index (χ0) is 19.2. The first-order valence-corrected chi connectivity index (χ1v) is 8.98. The van der Waals surface area contributed by atoms with Crippen LogP contribution in [0, 0.1) is 0 Å². The number of esters is 1. The number of benzene rings is 1. The fourth-order valence-electron chi connectivity index (χ4n) is 2.82. The molecule has 0 bridgehead atoms. The standard InChI is InChI=1S/C20H23NO6/c1-3-5-15-16(9-7-14(11-22)21-15)27-19(20(23)24-4-2)13-6-8-17-18(10-13)26-12-25-17/h6-10,19,22H,3-5,11-12H2,1-2H3. The van der Waals surface area contributed by atoms with Crippen molar-refractivity contribution in [2.75, 3.05) is 13.4 Å². The van der Waals surface area contributed by atoms with E-state index >= 15 is 0 Å². The number of aliphatic hydroxyl groups is 1. The summed E-state index contributed by atoms with van der Waals surface area (Å²) in [5.74, 6) is 1.18. The van der Waals surface area contributed by atoms with Gasteiger partial charge >= 0.3 is 5.97 Å². The van der Waals surface area contributed by atoms with E-state index in [2.05, 4.69) is 4.98 Å². The van der Waals surface area contributed by atoms with Gasteiger partial charge in [0.2, 0.25) is 12.9 Å². The monoisotopic (exact) mass is 373 g/mol. The fourth-order valence-corrected chi connectivity index (χ4v) is 2.82. The maximum atomic E-state index is 12.6. The molecule has 1 aromatic heterocycles. The highest BCUT2D eigenvalue weighted by Gasteiger charge is 2.28. The molecule has 0 spiro atoms. The first kappa shape index (κ1) is 19.0. The maximum absolute atomic E-state index is 12.6. The first-order chi connectivity index (χ1) is 13.2. The molecule has 144 valence electrons. The predicted molar refractivity (Wildman–Crippen MR) is 96.7 cm³/mol. The number of carbonyl (C=O) groups excluding carboxylic acids is 1. The Morgan fingerprint density at radius 1 is 1.22 bits per heavy atom. The van der Waals surface area contributed by atoms with Crippen LogP contribution in [0.4, 0.5) is 0 Å². The van der Waals surface area contributed by atoms with Crippen molar-refractivity contribution in [2.45, 2.75) is 39.4 Å². The summed E-state index contributed by atoms with van der Waals surface area (Å²) < 4.78 is 22.0. The van der Waals surface area contributed by atoms with Gasteiger partial charge in [-0.2, -0.15) is 0 Å². The van der Waals surface area contributed by atoms with Crippen LogP contribution in [-0.2, 0) is 22.6 Å². The molecule has 0 saturated heterocycles. The lowest BCUT2D eigenvalue weighted by Gasteiger charge is -2.20. The molecule has 7 nitrogen and oxygen atoms in total. The molecule has 0 radical (unpaired) electrons. The van der Waals surface area contributed by atoms with Crippen LogP contribution in [0.15, 0.2) is 30.3 Å². The maximum Gasteiger partial charge on any atom is 0.352 e. The van der Waals surface area contributed by atoms with Crippen LogP contribution in [-0.4, -0.2) is 29.5 Å². The molecule has 3 rings (SSSR count). The Balaban J connectivity index is 1.94. The number of rotatable bonds is 8. The van der Waals surface area contributed by atoms with Crippen LogP contribution in [0.25, 0.3) is 0 Å². The largest absolute Gasteiger partial charge is 0.472 e. The minimum Gasteiger partial charge on any atom is -0.472 e. The van der Waals surface area contributed by atoms with Crippen molar-refractivity contribution in [3.8, 4) is 17.2 Å². The molecule has 0 saturated carbocycles. The van der Waals surface area contributed by atoms with Crippen molar-refractivity contribution in [2.24, 2.45) is 0 Å². The highest BCUT2D eigenvalue weighted by molar-refractivity contribution is 5.77. The Bertz CT molecular complexity index is 807. The minimum absolute atomic E-state index is 0.150. The lowest BCUT2D eigenvalue weighted by molar-refractivity contribution is -0.151. The molecule has 0 amide bonds. The number of aliphatic hydroxyl groups excluding tert-OH is 1. The topological polar surface area (TPSA) is 87.1 Å². The minimum atomic E-state index is -0.961.